The van der Waals surface area contributed by atoms with E-state index in [4.69, 9.17) is 4.42 Å². The van der Waals surface area contributed by atoms with Crippen LogP contribution in [0.4, 0.5) is 0 Å². The first-order valence-electron chi connectivity index (χ1n) is 7.82. The van der Waals surface area contributed by atoms with Crippen molar-refractivity contribution in [3.63, 3.8) is 0 Å². The molecule has 0 aliphatic carbocycles. The minimum Gasteiger partial charge on any atom is -0.467 e. The van der Waals surface area contributed by atoms with Gasteiger partial charge in [0.15, 0.2) is 0 Å². The number of furan rings is 1. The highest BCUT2D eigenvalue weighted by Crippen LogP contribution is 2.11. The zero-order valence-electron chi connectivity index (χ0n) is 13.9. The molecule has 0 atom stereocenters. The van der Waals surface area contributed by atoms with E-state index in [1.807, 2.05) is 55.1 Å². The fraction of sp³-hybridized carbons (Fsp3) is 0.263. The molecular weight excluding hydrogens is 302 g/mol. The second kappa shape index (κ2) is 8.59. The summed E-state index contributed by atoms with van der Waals surface area (Å²) in [5, 5.41) is 12.0. The van der Waals surface area contributed by atoms with E-state index in [-0.39, 0.29) is 18.2 Å². The smallest absolute Gasteiger partial charge is 0.263 e. The second-order valence-electron chi connectivity index (χ2n) is 5.67. The molecule has 2 rings (SSSR count). The van der Waals surface area contributed by atoms with Crippen LogP contribution in [0.25, 0.3) is 0 Å². The van der Waals surface area contributed by atoms with Crippen LogP contribution >= 0.6 is 0 Å². The van der Waals surface area contributed by atoms with Crippen molar-refractivity contribution in [1.29, 1.82) is 5.26 Å². The van der Waals surface area contributed by atoms with Crippen LogP contribution in [0.3, 0.4) is 0 Å². The van der Waals surface area contributed by atoms with Gasteiger partial charge in [0.25, 0.3) is 5.91 Å². The highest BCUT2D eigenvalue weighted by molar-refractivity contribution is 5.97. The van der Waals surface area contributed by atoms with E-state index in [9.17, 15) is 10.1 Å². The molecule has 0 radical (unpaired) electrons. The van der Waals surface area contributed by atoms with Gasteiger partial charge < -0.3 is 14.6 Å². The van der Waals surface area contributed by atoms with Crippen molar-refractivity contribution in [2.75, 3.05) is 0 Å². The lowest BCUT2D eigenvalue weighted by atomic mass is 10.2. The summed E-state index contributed by atoms with van der Waals surface area (Å²) in [5.41, 5.74) is 1.20. The number of hydrogen-bond acceptors (Lipinski definition) is 4. The Kier molecular flexibility index (Phi) is 6.21. The number of nitrogens with one attached hydrogen (secondary N) is 1. The van der Waals surface area contributed by atoms with Crippen LogP contribution < -0.4 is 5.32 Å². The van der Waals surface area contributed by atoms with Crippen LogP contribution in [-0.2, 0) is 17.9 Å². The summed E-state index contributed by atoms with van der Waals surface area (Å²) in [7, 11) is 0. The third-order valence-corrected chi connectivity index (χ3v) is 3.53. The molecule has 5 heteroatoms. The van der Waals surface area contributed by atoms with Crippen LogP contribution in [-0.4, -0.2) is 16.8 Å². The maximum absolute atomic E-state index is 12.2. The first-order valence-corrected chi connectivity index (χ1v) is 7.82. The van der Waals surface area contributed by atoms with E-state index in [2.05, 4.69) is 5.32 Å². The SMILES string of the molecule is CC(C)N(/C=C(/C#N)C(=O)NCc1ccco1)Cc1ccccc1. The topological polar surface area (TPSA) is 69.3 Å². The molecule has 5 nitrogen and oxygen atoms in total. The van der Waals surface area contributed by atoms with Gasteiger partial charge in [0, 0.05) is 18.8 Å². The molecule has 1 amide bonds. The number of hydrogen-bond donors (Lipinski definition) is 1. The zero-order valence-corrected chi connectivity index (χ0v) is 13.9. The summed E-state index contributed by atoms with van der Waals surface area (Å²) in [6.45, 7) is 4.94. The van der Waals surface area contributed by atoms with Gasteiger partial charge in [-0.15, -0.1) is 0 Å². The Labute approximate surface area is 142 Å². The van der Waals surface area contributed by atoms with Crippen LogP contribution in [0.1, 0.15) is 25.2 Å². The van der Waals surface area contributed by atoms with E-state index < -0.39 is 5.91 Å². The Hall–Kier alpha value is -3.00. The molecule has 1 N–H and O–H groups in total. The van der Waals surface area contributed by atoms with Crippen LogP contribution in [0.2, 0.25) is 0 Å². The molecule has 124 valence electrons. The minimum atomic E-state index is -0.410. The third-order valence-electron chi connectivity index (χ3n) is 3.53. The molecule has 0 aliphatic heterocycles. The lowest BCUT2D eigenvalue weighted by Gasteiger charge is -2.25. The number of carbonyl (C=O) groups is 1. The molecule has 0 saturated carbocycles. The first-order chi connectivity index (χ1) is 11.6. The molecule has 0 spiro atoms. The molecule has 0 bridgehead atoms. The standard InChI is InChI=1S/C19H21N3O2/c1-15(2)22(13-16-7-4-3-5-8-16)14-17(11-20)19(23)21-12-18-9-6-10-24-18/h3-10,14-15H,12-13H2,1-2H3,(H,21,23)/b17-14-. The van der Waals surface area contributed by atoms with Crippen molar-refractivity contribution in [2.45, 2.75) is 33.0 Å². The number of nitriles is 1. The van der Waals surface area contributed by atoms with Gasteiger partial charge in [0.05, 0.1) is 12.8 Å². The zero-order chi connectivity index (χ0) is 17.4. The maximum atomic E-state index is 12.2. The molecular formula is C19H21N3O2. The molecule has 0 aliphatic rings. The Morgan fingerprint density at radius 1 is 1.29 bits per heavy atom. The monoisotopic (exact) mass is 323 g/mol. The number of amides is 1. The van der Waals surface area contributed by atoms with Gasteiger partial charge in [-0.3, -0.25) is 4.79 Å². The highest BCUT2D eigenvalue weighted by Gasteiger charge is 2.13. The van der Waals surface area contributed by atoms with Gasteiger partial charge in [0.1, 0.15) is 17.4 Å². The quantitative estimate of drug-likeness (QED) is 0.627. The van der Waals surface area contributed by atoms with Gasteiger partial charge >= 0.3 is 0 Å². The molecule has 1 heterocycles. The predicted molar refractivity (Wildman–Crippen MR) is 91.4 cm³/mol. The van der Waals surface area contributed by atoms with Gasteiger partial charge in [0.2, 0.25) is 0 Å². The molecule has 0 fully saturated rings. The maximum Gasteiger partial charge on any atom is 0.263 e. The van der Waals surface area contributed by atoms with Gasteiger partial charge in [-0.25, -0.2) is 0 Å². The van der Waals surface area contributed by atoms with E-state index in [1.165, 1.54) is 0 Å². The molecule has 1 aromatic heterocycles. The van der Waals surface area contributed by atoms with Gasteiger partial charge in [-0.2, -0.15) is 5.26 Å². The van der Waals surface area contributed by atoms with Crippen molar-refractivity contribution >= 4 is 5.91 Å². The normalized spacial score (nSPS) is 11.2. The number of carbonyl (C=O) groups excluding carboxylic acids is 1. The number of rotatable bonds is 7. The Balaban J connectivity index is 2.06. The summed E-state index contributed by atoms with van der Waals surface area (Å²) >= 11 is 0. The summed E-state index contributed by atoms with van der Waals surface area (Å²) in [6, 6.07) is 15.6. The fourth-order valence-corrected chi connectivity index (χ4v) is 2.15. The summed E-state index contributed by atoms with van der Waals surface area (Å²) in [4.78, 5) is 14.2. The molecule has 24 heavy (non-hydrogen) atoms. The molecule has 0 saturated heterocycles. The number of nitrogens with zero attached hydrogens (tertiary/aromatic N) is 2. The third kappa shape index (κ3) is 5.03. The first kappa shape index (κ1) is 17.4. The van der Waals surface area contributed by atoms with Crippen molar-refractivity contribution in [1.82, 2.24) is 10.2 Å². The molecule has 1 aromatic carbocycles. The number of benzene rings is 1. The summed E-state index contributed by atoms with van der Waals surface area (Å²) in [5.74, 6) is 0.234. The Morgan fingerprint density at radius 2 is 2.04 bits per heavy atom. The van der Waals surface area contributed by atoms with Gasteiger partial charge in [-0.1, -0.05) is 30.3 Å². The van der Waals surface area contributed by atoms with E-state index >= 15 is 0 Å². The largest absolute Gasteiger partial charge is 0.467 e. The van der Waals surface area contributed by atoms with Crippen molar-refractivity contribution < 1.29 is 9.21 Å². The summed E-state index contributed by atoms with van der Waals surface area (Å²) in [6.07, 6.45) is 3.16. The lowest BCUT2D eigenvalue weighted by molar-refractivity contribution is -0.117. The van der Waals surface area contributed by atoms with Crippen molar-refractivity contribution in [3.05, 3.63) is 71.8 Å². The van der Waals surface area contributed by atoms with Crippen LogP contribution in [0.15, 0.2) is 64.9 Å². The van der Waals surface area contributed by atoms with E-state index in [0.29, 0.717) is 12.3 Å². The van der Waals surface area contributed by atoms with Crippen molar-refractivity contribution in [3.8, 4) is 6.07 Å². The van der Waals surface area contributed by atoms with E-state index in [0.717, 1.165) is 5.56 Å². The van der Waals surface area contributed by atoms with Crippen molar-refractivity contribution in [2.24, 2.45) is 0 Å². The highest BCUT2D eigenvalue weighted by atomic mass is 16.3. The lowest BCUT2D eigenvalue weighted by Crippen LogP contribution is -2.29. The Bertz CT molecular complexity index is 713. The average molecular weight is 323 g/mol. The fourth-order valence-electron chi connectivity index (χ4n) is 2.15. The molecule has 2 aromatic rings. The summed E-state index contributed by atoms with van der Waals surface area (Å²) < 4.78 is 5.17. The van der Waals surface area contributed by atoms with E-state index in [1.54, 1.807) is 24.6 Å². The van der Waals surface area contributed by atoms with Gasteiger partial charge in [-0.05, 0) is 31.5 Å². The predicted octanol–water partition coefficient (Wildman–Crippen LogP) is 3.21. The second-order valence-corrected chi connectivity index (χ2v) is 5.67. The average Bonchev–Trinajstić information content (AvgIpc) is 3.10. The molecule has 0 unspecified atom stereocenters. The van der Waals surface area contributed by atoms with Crippen LogP contribution in [0.5, 0.6) is 0 Å². The van der Waals surface area contributed by atoms with Crippen LogP contribution in [0, 0.1) is 11.3 Å². The Morgan fingerprint density at radius 3 is 2.62 bits per heavy atom. The minimum absolute atomic E-state index is 0.0752.